The SMILES string of the molecule is Cc1cc(NC(=O)C(c2ccccc2)N2CCN(C(=O)c3ccc(Cl)cc3Cl)CC2)no1. The molecule has 0 spiro atoms. The second kappa shape index (κ2) is 9.73. The lowest BCUT2D eigenvalue weighted by Crippen LogP contribution is -2.51. The highest BCUT2D eigenvalue weighted by Gasteiger charge is 2.32. The van der Waals surface area contributed by atoms with Gasteiger partial charge in [0.15, 0.2) is 5.82 Å². The number of halogens is 2. The molecule has 1 unspecified atom stereocenters. The van der Waals surface area contributed by atoms with Crippen LogP contribution in [0, 0.1) is 6.92 Å². The number of hydrogen-bond donors (Lipinski definition) is 1. The Labute approximate surface area is 195 Å². The van der Waals surface area contributed by atoms with Gasteiger partial charge in [0, 0.05) is 37.3 Å². The van der Waals surface area contributed by atoms with Crippen molar-refractivity contribution >= 4 is 40.8 Å². The normalized spacial score (nSPS) is 15.4. The van der Waals surface area contributed by atoms with Crippen molar-refractivity contribution in [3.05, 3.63) is 81.5 Å². The molecule has 1 N–H and O–H groups in total. The second-order valence-corrected chi connectivity index (χ2v) is 8.42. The molecule has 1 saturated heterocycles. The zero-order chi connectivity index (χ0) is 22.7. The average Bonchev–Trinajstić information content (AvgIpc) is 3.19. The number of benzene rings is 2. The fourth-order valence-corrected chi connectivity index (χ4v) is 4.29. The maximum Gasteiger partial charge on any atom is 0.255 e. The third kappa shape index (κ3) is 4.96. The van der Waals surface area contributed by atoms with E-state index in [0.717, 1.165) is 5.56 Å². The molecule has 0 aliphatic carbocycles. The largest absolute Gasteiger partial charge is 0.360 e. The van der Waals surface area contributed by atoms with E-state index >= 15 is 0 Å². The summed E-state index contributed by atoms with van der Waals surface area (Å²) in [5.74, 6) is 0.638. The lowest BCUT2D eigenvalue weighted by molar-refractivity contribution is -0.122. The molecule has 1 aliphatic rings. The van der Waals surface area contributed by atoms with Crippen molar-refractivity contribution in [2.75, 3.05) is 31.5 Å². The number of amides is 2. The molecule has 0 saturated carbocycles. The number of rotatable bonds is 5. The van der Waals surface area contributed by atoms with Gasteiger partial charge in [-0.3, -0.25) is 14.5 Å². The number of nitrogens with zero attached hydrogens (tertiary/aromatic N) is 3. The van der Waals surface area contributed by atoms with Crippen LogP contribution in [-0.2, 0) is 4.79 Å². The minimum Gasteiger partial charge on any atom is -0.360 e. The fourth-order valence-electron chi connectivity index (χ4n) is 3.80. The molecule has 32 heavy (non-hydrogen) atoms. The van der Waals surface area contributed by atoms with E-state index in [1.165, 1.54) is 0 Å². The van der Waals surface area contributed by atoms with Gasteiger partial charge in [-0.1, -0.05) is 58.7 Å². The smallest absolute Gasteiger partial charge is 0.255 e. The van der Waals surface area contributed by atoms with Gasteiger partial charge in [-0.05, 0) is 30.7 Å². The molecule has 1 fully saturated rings. The zero-order valence-corrected chi connectivity index (χ0v) is 18.9. The molecule has 2 heterocycles. The van der Waals surface area contributed by atoms with Crippen molar-refractivity contribution < 1.29 is 14.1 Å². The van der Waals surface area contributed by atoms with Crippen LogP contribution in [0.15, 0.2) is 59.1 Å². The number of piperazine rings is 1. The molecule has 9 heteroatoms. The van der Waals surface area contributed by atoms with Crippen molar-refractivity contribution in [3.63, 3.8) is 0 Å². The number of aromatic nitrogens is 1. The van der Waals surface area contributed by atoms with E-state index in [9.17, 15) is 9.59 Å². The zero-order valence-electron chi connectivity index (χ0n) is 17.4. The summed E-state index contributed by atoms with van der Waals surface area (Å²) in [6.45, 7) is 3.76. The Hall–Kier alpha value is -2.87. The van der Waals surface area contributed by atoms with Crippen molar-refractivity contribution in [1.29, 1.82) is 0 Å². The van der Waals surface area contributed by atoms with E-state index in [1.807, 2.05) is 30.3 Å². The van der Waals surface area contributed by atoms with E-state index in [1.54, 1.807) is 36.1 Å². The first-order chi connectivity index (χ1) is 15.4. The van der Waals surface area contributed by atoms with Gasteiger partial charge in [-0.15, -0.1) is 0 Å². The Morgan fingerprint density at radius 2 is 1.75 bits per heavy atom. The van der Waals surface area contributed by atoms with Gasteiger partial charge in [0.25, 0.3) is 5.91 Å². The fraction of sp³-hybridized carbons (Fsp3) is 0.261. The highest BCUT2D eigenvalue weighted by atomic mass is 35.5. The van der Waals surface area contributed by atoms with Gasteiger partial charge in [0.05, 0.1) is 10.6 Å². The minimum absolute atomic E-state index is 0.148. The Kier molecular flexibility index (Phi) is 6.79. The van der Waals surface area contributed by atoms with Gasteiger partial charge in [-0.25, -0.2) is 0 Å². The van der Waals surface area contributed by atoms with Crippen molar-refractivity contribution in [1.82, 2.24) is 15.0 Å². The quantitative estimate of drug-likeness (QED) is 0.594. The number of anilines is 1. The molecule has 2 amide bonds. The van der Waals surface area contributed by atoms with Crippen LogP contribution in [0.4, 0.5) is 5.82 Å². The lowest BCUT2D eigenvalue weighted by Gasteiger charge is -2.38. The Morgan fingerprint density at radius 3 is 2.38 bits per heavy atom. The molecule has 0 radical (unpaired) electrons. The number of nitrogens with one attached hydrogen (secondary N) is 1. The molecule has 0 bridgehead atoms. The van der Waals surface area contributed by atoms with Crippen LogP contribution in [0.1, 0.15) is 27.7 Å². The third-order valence-electron chi connectivity index (χ3n) is 5.37. The molecule has 166 valence electrons. The summed E-state index contributed by atoms with van der Waals surface area (Å²) in [6, 6.07) is 15.6. The van der Waals surface area contributed by atoms with Crippen LogP contribution in [0.2, 0.25) is 10.0 Å². The van der Waals surface area contributed by atoms with Crippen LogP contribution in [-0.4, -0.2) is 52.9 Å². The van der Waals surface area contributed by atoms with E-state index < -0.39 is 6.04 Å². The first-order valence-electron chi connectivity index (χ1n) is 10.2. The number of carbonyl (C=O) groups is 2. The lowest BCUT2D eigenvalue weighted by atomic mass is 10.0. The predicted molar refractivity (Wildman–Crippen MR) is 123 cm³/mol. The van der Waals surface area contributed by atoms with Gasteiger partial charge in [0.2, 0.25) is 5.91 Å². The topological polar surface area (TPSA) is 78.7 Å². The molecule has 4 rings (SSSR count). The van der Waals surface area contributed by atoms with Crippen molar-refractivity contribution in [3.8, 4) is 0 Å². The Morgan fingerprint density at radius 1 is 1.03 bits per heavy atom. The van der Waals surface area contributed by atoms with Crippen LogP contribution < -0.4 is 5.32 Å². The second-order valence-electron chi connectivity index (χ2n) is 7.58. The molecular weight excluding hydrogens is 451 g/mol. The molecule has 1 aromatic heterocycles. The van der Waals surface area contributed by atoms with E-state index in [0.29, 0.717) is 53.4 Å². The van der Waals surface area contributed by atoms with Crippen LogP contribution in [0.3, 0.4) is 0 Å². The van der Waals surface area contributed by atoms with Crippen LogP contribution in [0.25, 0.3) is 0 Å². The molecule has 2 aromatic carbocycles. The third-order valence-corrected chi connectivity index (χ3v) is 5.92. The summed E-state index contributed by atoms with van der Waals surface area (Å²) in [7, 11) is 0. The van der Waals surface area contributed by atoms with Crippen LogP contribution in [0.5, 0.6) is 0 Å². The van der Waals surface area contributed by atoms with Gasteiger partial charge < -0.3 is 14.7 Å². The highest BCUT2D eigenvalue weighted by Crippen LogP contribution is 2.26. The summed E-state index contributed by atoms with van der Waals surface area (Å²) in [5.41, 5.74) is 1.29. The number of hydrogen-bond acceptors (Lipinski definition) is 5. The maximum absolute atomic E-state index is 13.2. The Balaban J connectivity index is 1.48. The summed E-state index contributed by atoms with van der Waals surface area (Å²) >= 11 is 12.2. The summed E-state index contributed by atoms with van der Waals surface area (Å²) in [6.07, 6.45) is 0. The summed E-state index contributed by atoms with van der Waals surface area (Å²) < 4.78 is 5.05. The van der Waals surface area contributed by atoms with E-state index in [2.05, 4.69) is 15.4 Å². The minimum atomic E-state index is -0.524. The molecule has 1 atom stereocenters. The van der Waals surface area contributed by atoms with Crippen molar-refractivity contribution in [2.24, 2.45) is 0 Å². The van der Waals surface area contributed by atoms with Gasteiger partial charge in [-0.2, -0.15) is 0 Å². The van der Waals surface area contributed by atoms with Gasteiger partial charge in [0.1, 0.15) is 11.8 Å². The molecule has 1 aliphatic heterocycles. The van der Waals surface area contributed by atoms with Crippen molar-refractivity contribution in [2.45, 2.75) is 13.0 Å². The summed E-state index contributed by atoms with van der Waals surface area (Å²) in [5, 5.41) is 7.51. The molecule has 3 aromatic rings. The predicted octanol–water partition coefficient (Wildman–Crippen LogP) is 4.43. The number of carbonyl (C=O) groups excluding carboxylic acids is 2. The van der Waals surface area contributed by atoms with E-state index in [-0.39, 0.29) is 11.8 Å². The first kappa shape index (κ1) is 22.3. The monoisotopic (exact) mass is 472 g/mol. The Bertz CT molecular complexity index is 1110. The molecule has 7 nitrogen and oxygen atoms in total. The first-order valence-corrected chi connectivity index (χ1v) is 11.0. The maximum atomic E-state index is 13.2. The average molecular weight is 473 g/mol. The van der Waals surface area contributed by atoms with Gasteiger partial charge >= 0.3 is 0 Å². The number of aryl methyl sites for hydroxylation is 1. The summed E-state index contributed by atoms with van der Waals surface area (Å²) in [4.78, 5) is 29.9. The molecular formula is C23H22Cl2N4O3. The van der Waals surface area contributed by atoms with E-state index in [4.69, 9.17) is 27.7 Å². The standard InChI is InChI=1S/C23H22Cl2N4O3/c1-15-13-20(27-32-15)26-22(30)21(16-5-3-2-4-6-16)28-9-11-29(12-10-28)23(31)18-8-7-17(24)14-19(18)25/h2-8,13-14,21H,9-12H2,1H3,(H,26,27,30). The highest BCUT2D eigenvalue weighted by molar-refractivity contribution is 6.36. The van der Waals surface area contributed by atoms with Crippen LogP contribution >= 0.6 is 23.2 Å².